The molecule has 3 aliphatic heterocycles. The molecule has 0 aliphatic carbocycles. The quantitative estimate of drug-likeness (QED) is 0.573. The summed E-state index contributed by atoms with van der Waals surface area (Å²) in [6, 6.07) is 10.4. The van der Waals surface area contributed by atoms with Gasteiger partial charge in [-0.15, -0.1) is 0 Å². The van der Waals surface area contributed by atoms with Gasteiger partial charge in [0, 0.05) is 56.0 Å². The Hall–Kier alpha value is -2.38. The molecule has 0 spiro atoms. The van der Waals surface area contributed by atoms with Crippen molar-refractivity contribution < 1.29 is 4.79 Å². The van der Waals surface area contributed by atoms with Crippen molar-refractivity contribution in [2.24, 2.45) is 0 Å². The van der Waals surface area contributed by atoms with Gasteiger partial charge >= 0.3 is 0 Å². The Balaban J connectivity index is 1.18. The van der Waals surface area contributed by atoms with Crippen LogP contribution in [0.4, 0.5) is 11.8 Å². The van der Waals surface area contributed by atoms with Crippen LogP contribution in [0.1, 0.15) is 63.4 Å². The SMILES string of the molecule is O=C(Cc1ccc(Cl)cc1)N1CCCC(N2CCCCC(Nc3nccc(N4CCCCCC4)n3)C2)C1. The number of nitrogens with one attached hydrogen (secondary N) is 1. The molecule has 2 unspecified atom stereocenters. The molecule has 0 radical (unpaired) electrons. The van der Waals surface area contributed by atoms with E-state index in [0.29, 0.717) is 23.5 Å². The Kier molecular flexibility index (Phi) is 9.16. The molecule has 2 aromatic rings. The normalized spacial score (nSPS) is 23.8. The van der Waals surface area contributed by atoms with Gasteiger partial charge in [-0.2, -0.15) is 4.98 Å². The zero-order valence-corrected chi connectivity index (χ0v) is 22.7. The van der Waals surface area contributed by atoms with Crippen molar-refractivity contribution in [1.29, 1.82) is 0 Å². The molecule has 1 N–H and O–H groups in total. The minimum absolute atomic E-state index is 0.218. The number of carbonyl (C=O) groups is 1. The van der Waals surface area contributed by atoms with Crippen LogP contribution in [-0.2, 0) is 11.2 Å². The van der Waals surface area contributed by atoms with Crippen molar-refractivity contribution in [2.45, 2.75) is 76.3 Å². The van der Waals surface area contributed by atoms with E-state index in [2.05, 4.69) is 25.0 Å². The first-order valence-electron chi connectivity index (χ1n) is 14.2. The fourth-order valence-electron chi connectivity index (χ4n) is 6.07. The number of aromatic nitrogens is 2. The Morgan fingerprint density at radius 2 is 1.68 bits per heavy atom. The lowest BCUT2D eigenvalue weighted by Gasteiger charge is -2.40. The molecule has 8 heteroatoms. The van der Waals surface area contributed by atoms with Gasteiger partial charge in [0.2, 0.25) is 11.9 Å². The van der Waals surface area contributed by atoms with Crippen molar-refractivity contribution in [2.75, 3.05) is 49.5 Å². The third-order valence-electron chi connectivity index (χ3n) is 8.14. The number of nitrogens with zero attached hydrogens (tertiary/aromatic N) is 5. The van der Waals surface area contributed by atoms with Crippen LogP contribution < -0.4 is 10.2 Å². The van der Waals surface area contributed by atoms with Crippen LogP contribution in [0.25, 0.3) is 0 Å². The van der Waals surface area contributed by atoms with Gasteiger partial charge in [0.1, 0.15) is 5.82 Å². The van der Waals surface area contributed by atoms with Gasteiger partial charge in [-0.3, -0.25) is 9.69 Å². The van der Waals surface area contributed by atoms with E-state index in [1.165, 1.54) is 38.5 Å². The molecule has 0 bridgehead atoms. The largest absolute Gasteiger partial charge is 0.356 e. The van der Waals surface area contributed by atoms with Gasteiger partial charge in [-0.1, -0.05) is 43.0 Å². The molecular weight excluding hydrogens is 484 g/mol. The molecule has 1 amide bonds. The van der Waals surface area contributed by atoms with E-state index in [1.807, 2.05) is 36.5 Å². The van der Waals surface area contributed by atoms with Crippen LogP contribution in [0, 0.1) is 0 Å². The zero-order chi connectivity index (χ0) is 25.5. The fraction of sp³-hybridized carbons (Fsp3) is 0.621. The lowest BCUT2D eigenvalue weighted by Crippen LogP contribution is -2.52. The Labute approximate surface area is 226 Å². The molecule has 1 aromatic carbocycles. The predicted molar refractivity (Wildman–Crippen MR) is 150 cm³/mol. The summed E-state index contributed by atoms with van der Waals surface area (Å²) in [6.45, 7) is 5.92. The second-order valence-corrected chi connectivity index (χ2v) is 11.3. The summed E-state index contributed by atoms with van der Waals surface area (Å²) in [5.74, 6) is 2.01. The van der Waals surface area contributed by atoms with Gasteiger partial charge in [0.05, 0.1) is 6.42 Å². The van der Waals surface area contributed by atoms with Gasteiger partial charge in [-0.05, 0) is 68.8 Å². The van der Waals surface area contributed by atoms with E-state index in [9.17, 15) is 4.79 Å². The highest BCUT2D eigenvalue weighted by Gasteiger charge is 2.30. The molecule has 1 aromatic heterocycles. The topological polar surface area (TPSA) is 64.6 Å². The smallest absolute Gasteiger partial charge is 0.227 e. The summed E-state index contributed by atoms with van der Waals surface area (Å²) in [4.78, 5) is 29.7. The molecule has 0 saturated carbocycles. The molecule has 7 nitrogen and oxygen atoms in total. The first-order valence-corrected chi connectivity index (χ1v) is 14.6. The maximum atomic E-state index is 13.1. The van der Waals surface area contributed by atoms with Crippen LogP contribution in [0.3, 0.4) is 0 Å². The van der Waals surface area contributed by atoms with Crippen molar-refractivity contribution in [3.63, 3.8) is 0 Å². The maximum Gasteiger partial charge on any atom is 0.227 e. The summed E-state index contributed by atoms with van der Waals surface area (Å²) in [6.07, 6.45) is 13.2. The van der Waals surface area contributed by atoms with Gasteiger partial charge in [0.25, 0.3) is 0 Å². The number of hydrogen-bond acceptors (Lipinski definition) is 6. The first-order chi connectivity index (χ1) is 18.1. The number of halogens is 1. The minimum atomic E-state index is 0.218. The van der Waals surface area contributed by atoms with E-state index >= 15 is 0 Å². The number of amides is 1. The maximum absolute atomic E-state index is 13.1. The van der Waals surface area contributed by atoms with Crippen molar-refractivity contribution >= 4 is 29.3 Å². The average molecular weight is 525 g/mol. The second-order valence-electron chi connectivity index (χ2n) is 10.9. The predicted octanol–water partition coefficient (Wildman–Crippen LogP) is 5.01. The van der Waals surface area contributed by atoms with E-state index in [-0.39, 0.29) is 5.91 Å². The van der Waals surface area contributed by atoms with Crippen LogP contribution >= 0.6 is 11.6 Å². The number of rotatable bonds is 6. The lowest BCUT2D eigenvalue weighted by atomic mass is 10.0. The van der Waals surface area contributed by atoms with Crippen LogP contribution in [0.5, 0.6) is 0 Å². The summed E-state index contributed by atoms with van der Waals surface area (Å²) in [5.41, 5.74) is 1.03. The molecule has 4 heterocycles. The number of carbonyl (C=O) groups excluding carboxylic acids is 1. The molecule has 200 valence electrons. The van der Waals surface area contributed by atoms with E-state index in [1.54, 1.807) is 0 Å². The number of likely N-dealkylation sites (tertiary alicyclic amines) is 2. The number of anilines is 2. The Morgan fingerprint density at radius 3 is 2.49 bits per heavy atom. The van der Waals surface area contributed by atoms with Gasteiger partial charge in [0.15, 0.2) is 0 Å². The Bertz CT molecular complexity index is 1010. The molecule has 5 rings (SSSR count). The summed E-state index contributed by atoms with van der Waals surface area (Å²) in [5, 5.41) is 4.38. The fourth-order valence-corrected chi connectivity index (χ4v) is 6.19. The molecule has 37 heavy (non-hydrogen) atoms. The number of benzene rings is 1. The van der Waals surface area contributed by atoms with Gasteiger partial charge < -0.3 is 15.1 Å². The molecule has 3 aliphatic rings. The van der Waals surface area contributed by atoms with Crippen molar-refractivity contribution in [1.82, 2.24) is 19.8 Å². The highest BCUT2D eigenvalue weighted by Crippen LogP contribution is 2.23. The monoisotopic (exact) mass is 524 g/mol. The minimum Gasteiger partial charge on any atom is -0.356 e. The summed E-state index contributed by atoms with van der Waals surface area (Å²) in [7, 11) is 0. The highest BCUT2D eigenvalue weighted by atomic mass is 35.5. The molecule has 3 saturated heterocycles. The second kappa shape index (κ2) is 12.9. The third kappa shape index (κ3) is 7.35. The first kappa shape index (κ1) is 26.2. The van der Waals surface area contributed by atoms with E-state index in [0.717, 1.165) is 75.9 Å². The average Bonchev–Trinajstić information content (AvgIpc) is 3.34. The van der Waals surface area contributed by atoms with Crippen molar-refractivity contribution in [3.8, 4) is 0 Å². The molecule has 2 atom stereocenters. The van der Waals surface area contributed by atoms with E-state index in [4.69, 9.17) is 16.6 Å². The van der Waals surface area contributed by atoms with Crippen LogP contribution in [0.15, 0.2) is 36.5 Å². The molecular formula is C29H41ClN6O. The molecule has 3 fully saturated rings. The van der Waals surface area contributed by atoms with Crippen molar-refractivity contribution in [3.05, 3.63) is 47.1 Å². The summed E-state index contributed by atoms with van der Waals surface area (Å²) >= 11 is 6.01. The lowest BCUT2D eigenvalue weighted by molar-refractivity contribution is -0.132. The van der Waals surface area contributed by atoms with Crippen LogP contribution in [-0.4, -0.2) is 77.0 Å². The van der Waals surface area contributed by atoms with Gasteiger partial charge in [-0.25, -0.2) is 4.98 Å². The van der Waals surface area contributed by atoms with E-state index < -0.39 is 0 Å². The van der Waals surface area contributed by atoms with Crippen LogP contribution in [0.2, 0.25) is 5.02 Å². The standard InChI is InChI=1S/C29H41ClN6O/c30-24-12-10-23(11-13-24)20-28(37)36-19-7-9-26(22-36)35-18-6-3-8-25(21-35)32-29-31-15-14-27(33-29)34-16-4-1-2-5-17-34/h10-15,25-26H,1-9,16-22H2,(H,31,32,33). The highest BCUT2D eigenvalue weighted by molar-refractivity contribution is 6.30. The Morgan fingerprint density at radius 1 is 0.892 bits per heavy atom. The zero-order valence-electron chi connectivity index (χ0n) is 22.0. The number of piperidine rings is 1. The summed E-state index contributed by atoms with van der Waals surface area (Å²) < 4.78 is 0. The third-order valence-corrected chi connectivity index (χ3v) is 8.39. The number of hydrogen-bond donors (Lipinski definition) is 1.